The summed E-state index contributed by atoms with van der Waals surface area (Å²) in [7, 11) is 1.64. The lowest BCUT2D eigenvalue weighted by atomic mass is 9.86. The molecule has 3 heteroatoms. The molecule has 1 aromatic rings. The number of aryl methyl sites for hydroxylation is 1. The van der Waals surface area contributed by atoms with Crippen molar-refractivity contribution in [1.29, 1.82) is 0 Å². The highest BCUT2D eigenvalue weighted by molar-refractivity contribution is 6.32. The Labute approximate surface area is 108 Å². The van der Waals surface area contributed by atoms with Gasteiger partial charge in [-0.1, -0.05) is 11.6 Å². The van der Waals surface area contributed by atoms with Crippen LogP contribution >= 0.6 is 11.6 Å². The molecule has 0 spiro atoms. The van der Waals surface area contributed by atoms with E-state index in [-0.39, 0.29) is 6.10 Å². The molecule has 0 saturated heterocycles. The molecule has 0 radical (unpaired) electrons. The number of fused-ring (bicyclic) bond motifs is 1. The Bertz CT molecular complexity index is 413. The lowest BCUT2D eigenvalue weighted by molar-refractivity contribution is 0.193. The lowest BCUT2D eigenvalue weighted by Gasteiger charge is -2.23. The molecule has 0 bridgehead atoms. The molecule has 17 heavy (non-hydrogen) atoms. The summed E-state index contributed by atoms with van der Waals surface area (Å²) in [5.41, 5.74) is 3.78. The van der Waals surface area contributed by atoms with Gasteiger partial charge in [-0.3, -0.25) is 0 Å². The fourth-order valence-corrected chi connectivity index (χ4v) is 2.99. The summed E-state index contributed by atoms with van der Waals surface area (Å²) >= 11 is 6.24. The number of halogens is 1. The fourth-order valence-electron chi connectivity index (χ4n) is 2.66. The highest BCUT2D eigenvalue weighted by Gasteiger charge is 2.20. The predicted molar refractivity (Wildman–Crippen MR) is 70.0 cm³/mol. The molecule has 0 heterocycles. The highest BCUT2D eigenvalue weighted by Crippen LogP contribution is 2.37. The molecule has 1 aliphatic carbocycles. The Kier molecular flexibility index (Phi) is 3.95. The zero-order chi connectivity index (χ0) is 12.4. The molecule has 1 atom stereocenters. The number of hydrogen-bond acceptors (Lipinski definition) is 2. The zero-order valence-electron chi connectivity index (χ0n) is 10.4. The first-order valence-corrected chi connectivity index (χ1v) is 6.56. The predicted octanol–water partition coefficient (Wildman–Crippen LogP) is 3.15. The maximum Gasteiger partial charge on any atom is 0.141 e. The van der Waals surface area contributed by atoms with Gasteiger partial charge in [-0.25, -0.2) is 0 Å². The second-order valence-corrected chi connectivity index (χ2v) is 5.18. The van der Waals surface area contributed by atoms with Crippen LogP contribution in [0.1, 0.15) is 36.5 Å². The first-order chi connectivity index (χ1) is 8.13. The van der Waals surface area contributed by atoms with Crippen molar-refractivity contribution in [2.45, 2.75) is 45.1 Å². The van der Waals surface area contributed by atoms with Crippen LogP contribution in [0.3, 0.4) is 0 Å². The van der Waals surface area contributed by atoms with Crippen molar-refractivity contribution in [3.8, 4) is 5.75 Å². The molecule has 0 saturated carbocycles. The van der Waals surface area contributed by atoms with Crippen molar-refractivity contribution in [3.05, 3.63) is 27.8 Å². The van der Waals surface area contributed by atoms with E-state index in [0.29, 0.717) is 11.4 Å². The number of ether oxygens (including phenoxy) is 1. The minimum atomic E-state index is -0.367. The molecule has 1 aromatic carbocycles. The minimum Gasteiger partial charge on any atom is -0.495 e. The van der Waals surface area contributed by atoms with E-state index in [4.69, 9.17) is 16.3 Å². The first-order valence-electron chi connectivity index (χ1n) is 6.18. The molecule has 0 fully saturated rings. The van der Waals surface area contributed by atoms with Crippen LogP contribution in [-0.2, 0) is 19.3 Å². The summed E-state index contributed by atoms with van der Waals surface area (Å²) < 4.78 is 5.40. The maximum atomic E-state index is 9.62. The Morgan fingerprint density at radius 3 is 2.76 bits per heavy atom. The third-order valence-corrected chi connectivity index (χ3v) is 3.65. The number of aliphatic hydroxyl groups excluding tert-OH is 1. The van der Waals surface area contributed by atoms with E-state index in [9.17, 15) is 5.11 Å². The van der Waals surface area contributed by atoms with E-state index in [2.05, 4.69) is 0 Å². The maximum absolute atomic E-state index is 9.62. The SMILES string of the molecule is COc1c(Cl)cc2c(c1CC(C)O)CCCC2. The molecule has 0 aliphatic heterocycles. The van der Waals surface area contributed by atoms with E-state index < -0.39 is 0 Å². The number of rotatable bonds is 3. The van der Waals surface area contributed by atoms with Gasteiger partial charge in [-0.15, -0.1) is 0 Å². The van der Waals surface area contributed by atoms with Gasteiger partial charge in [0.05, 0.1) is 18.2 Å². The molecule has 1 unspecified atom stereocenters. The van der Waals surface area contributed by atoms with Crippen LogP contribution in [0.4, 0.5) is 0 Å². The largest absolute Gasteiger partial charge is 0.495 e. The van der Waals surface area contributed by atoms with Crippen molar-refractivity contribution in [3.63, 3.8) is 0 Å². The summed E-state index contributed by atoms with van der Waals surface area (Å²) in [6.45, 7) is 1.80. The van der Waals surface area contributed by atoms with Crippen LogP contribution in [0.5, 0.6) is 5.75 Å². The van der Waals surface area contributed by atoms with Gasteiger partial charge >= 0.3 is 0 Å². The molecular formula is C14H19ClO2. The monoisotopic (exact) mass is 254 g/mol. The number of hydrogen-bond donors (Lipinski definition) is 1. The van der Waals surface area contributed by atoms with E-state index in [1.54, 1.807) is 14.0 Å². The van der Waals surface area contributed by atoms with Gasteiger partial charge in [0, 0.05) is 12.0 Å². The van der Waals surface area contributed by atoms with Gasteiger partial charge in [-0.2, -0.15) is 0 Å². The van der Waals surface area contributed by atoms with Crippen LogP contribution in [0.25, 0.3) is 0 Å². The second-order valence-electron chi connectivity index (χ2n) is 4.77. The molecule has 1 aliphatic rings. The smallest absolute Gasteiger partial charge is 0.141 e. The summed E-state index contributed by atoms with van der Waals surface area (Å²) in [6.07, 6.45) is 4.85. The summed E-state index contributed by atoms with van der Waals surface area (Å²) in [5.74, 6) is 0.744. The number of methoxy groups -OCH3 is 1. The Hall–Kier alpha value is -0.730. The van der Waals surface area contributed by atoms with Gasteiger partial charge in [0.1, 0.15) is 5.75 Å². The van der Waals surface area contributed by atoms with Gasteiger partial charge in [0.25, 0.3) is 0 Å². The minimum absolute atomic E-state index is 0.367. The van der Waals surface area contributed by atoms with Crippen LogP contribution < -0.4 is 4.74 Å². The third kappa shape index (κ3) is 2.58. The second kappa shape index (κ2) is 5.28. The summed E-state index contributed by atoms with van der Waals surface area (Å²) in [6, 6.07) is 2.03. The van der Waals surface area contributed by atoms with Crippen LogP contribution in [0.15, 0.2) is 6.07 Å². The van der Waals surface area contributed by atoms with Gasteiger partial charge in [0.2, 0.25) is 0 Å². The highest BCUT2D eigenvalue weighted by atomic mass is 35.5. The van der Waals surface area contributed by atoms with Gasteiger partial charge in [0.15, 0.2) is 0 Å². The van der Waals surface area contributed by atoms with Crippen molar-refractivity contribution < 1.29 is 9.84 Å². The normalized spacial score (nSPS) is 16.5. The molecular weight excluding hydrogens is 236 g/mol. The van der Waals surface area contributed by atoms with Crippen LogP contribution in [0, 0.1) is 0 Å². The average molecular weight is 255 g/mol. The van der Waals surface area contributed by atoms with Crippen molar-refractivity contribution in [2.24, 2.45) is 0 Å². The lowest BCUT2D eigenvalue weighted by Crippen LogP contribution is -2.13. The third-order valence-electron chi connectivity index (χ3n) is 3.37. The average Bonchev–Trinajstić information content (AvgIpc) is 2.28. The van der Waals surface area contributed by atoms with E-state index in [1.807, 2.05) is 6.07 Å². The summed E-state index contributed by atoms with van der Waals surface area (Å²) in [4.78, 5) is 0. The Balaban J connectivity index is 2.53. The summed E-state index contributed by atoms with van der Waals surface area (Å²) in [5, 5.41) is 10.3. The standard InChI is InChI=1S/C14H19ClO2/c1-9(16)7-12-11-6-4-3-5-10(11)8-13(15)14(12)17-2/h8-9,16H,3-7H2,1-2H3. The Morgan fingerprint density at radius 2 is 2.12 bits per heavy atom. The van der Waals surface area contributed by atoms with Gasteiger partial charge < -0.3 is 9.84 Å². The van der Waals surface area contributed by atoms with Crippen molar-refractivity contribution in [2.75, 3.05) is 7.11 Å². The molecule has 2 nitrogen and oxygen atoms in total. The zero-order valence-corrected chi connectivity index (χ0v) is 11.2. The van der Waals surface area contributed by atoms with E-state index >= 15 is 0 Å². The molecule has 0 aromatic heterocycles. The topological polar surface area (TPSA) is 29.5 Å². The fraction of sp³-hybridized carbons (Fsp3) is 0.571. The van der Waals surface area contributed by atoms with Crippen molar-refractivity contribution >= 4 is 11.6 Å². The number of benzene rings is 1. The Morgan fingerprint density at radius 1 is 1.41 bits per heavy atom. The molecule has 2 rings (SSSR count). The molecule has 94 valence electrons. The molecule has 1 N–H and O–H groups in total. The first kappa shape index (κ1) is 12.7. The molecule has 0 amide bonds. The van der Waals surface area contributed by atoms with Gasteiger partial charge in [-0.05, 0) is 49.8 Å². The van der Waals surface area contributed by atoms with E-state index in [1.165, 1.54) is 24.0 Å². The van der Waals surface area contributed by atoms with Crippen LogP contribution in [0.2, 0.25) is 5.02 Å². The van der Waals surface area contributed by atoms with E-state index in [0.717, 1.165) is 24.2 Å². The quantitative estimate of drug-likeness (QED) is 0.898. The van der Waals surface area contributed by atoms with Crippen molar-refractivity contribution in [1.82, 2.24) is 0 Å². The number of aliphatic hydroxyl groups is 1. The van der Waals surface area contributed by atoms with Crippen LogP contribution in [-0.4, -0.2) is 18.3 Å².